The predicted octanol–water partition coefficient (Wildman–Crippen LogP) is 3.80. The molecule has 0 unspecified atom stereocenters. The summed E-state index contributed by atoms with van der Waals surface area (Å²) in [4.78, 5) is 8.41. The van der Waals surface area contributed by atoms with Crippen molar-refractivity contribution in [3.05, 3.63) is 59.4 Å². The van der Waals surface area contributed by atoms with E-state index in [4.69, 9.17) is 26.8 Å². The van der Waals surface area contributed by atoms with Crippen molar-refractivity contribution in [3.8, 4) is 11.5 Å². The van der Waals surface area contributed by atoms with E-state index in [9.17, 15) is 0 Å². The molecule has 0 aliphatic carbocycles. The Hall–Kier alpha value is -3.19. The summed E-state index contributed by atoms with van der Waals surface area (Å²) in [5.41, 5.74) is 8.35. The van der Waals surface area contributed by atoms with E-state index in [2.05, 4.69) is 20.6 Å². The summed E-state index contributed by atoms with van der Waals surface area (Å²) >= 11 is 6.17. The van der Waals surface area contributed by atoms with Crippen LogP contribution in [0.1, 0.15) is 5.56 Å². The molecular formula is C18H16ClN5O2. The van der Waals surface area contributed by atoms with Gasteiger partial charge in [-0.05, 0) is 29.8 Å². The van der Waals surface area contributed by atoms with E-state index in [0.29, 0.717) is 28.9 Å². The van der Waals surface area contributed by atoms with E-state index < -0.39 is 0 Å². The molecule has 3 aromatic rings. The van der Waals surface area contributed by atoms with Gasteiger partial charge >= 0.3 is 0 Å². The highest BCUT2D eigenvalue weighted by molar-refractivity contribution is 6.33. The third kappa shape index (κ3) is 3.29. The van der Waals surface area contributed by atoms with Gasteiger partial charge in [0, 0.05) is 6.54 Å². The first-order valence-corrected chi connectivity index (χ1v) is 8.33. The predicted molar refractivity (Wildman–Crippen MR) is 101 cm³/mol. The van der Waals surface area contributed by atoms with Crippen molar-refractivity contribution >= 4 is 34.6 Å². The number of aromatic nitrogens is 2. The largest absolute Gasteiger partial charge is 0.454 e. The second-order valence-electron chi connectivity index (χ2n) is 5.63. The number of para-hydroxylation sites is 1. The van der Waals surface area contributed by atoms with Gasteiger partial charge in [0.1, 0.15) is 12.0 Å². The lowest BCUT2D eigenvalue weighted by molar-refractivity contribution is 0.174. The van der Waals surface area contributed by atoms with Crippen molar-refractivity contribution in [2.24, 2.45) is 0 Å². The fourth-order valence-electron chi connectivity index (χ4n) is 2.56. The number of nitrogens with one attached hydrogen (secondary N) is 2. The van der Waals surface area contributed by atoms with Crippen LogP contribution in [0.2, 0.25) is 5.02 Å². The van der Waals surface area contributed by atoms with Crippen molar-refractivity contribution in [1.82, 2.24) is 9.97 Å². The highest BCUT2D eigenvalue weighted by Crippen LogP contribution is 2.33. The molecule has 8 heteroatoms. The number of nitrogen functional groups attached to an aromatic ring is 1. The number of anilines is 4. The number of hydrogen-bond donors (Lipinski definition) is 3. The van der Waals surface area contributed by atoms with E-state index in [1.807, 2.05) is 36.4 Å². The molecule has 4 rings (SSSR count). The second kappa shape index (κ2) is 6.97. The maximum absolute atomic E-state index is 6.20. The number of ether oxygens (including phenoxy) is 2. The summed E-state index contributed by atoms with van der Waals surface area (Å²) in [6, 6.07) is 13.1. The number of nitrogens with zero attached hydrogens (tertiary/aromatic N) is 2. The molecule has 0 radical (unpaired) electrons. The van der Waals surface area contributed by atoms with E-state index >= 15 is 0 Å². The molecule has 0 fully saturated rings. The zero-order chi connectivity index (χ0) is 17.9. The van der Waals surface area contributed by atoms with Gasteiger partial charge in [-0.25, -0.2) is 9.97 Å². The molecule has 7 nitrogen and oxygen atoms in total. The van der Waals surface area contributed by atoms with Crippen LogP contribution < -0.4 is 25.8 Å². The van der Waals surface area contributed by atoms with Crippen LogP contribution in [0.25, 0.3) is 0 Å². The van der Waals surface area contributed by atoms with Crippen LogP contribution >= 0.6 is 11.6 Å². The van der Waals surface area contributed by atoms with E-state index in [-0.39, 0.29) is 6.79 Å². The Morgan fingerprint density at radius 3 is 2.73 bits per heavy atom. The fourth-order valence-corrected chi connectivity index (χ4v) is 2.75. The van der Waals surface area contributed by atoms with Crippen LogP contribution in [0.5, 0.6) is 11.5 Å². The Labute approximate surface area is 155 Å². The number of hydrogen-bond acceptors (Lipinski definition) is 7. The number of benzene rings is 2. The monoisotopic (exact) mass is 369 g/mol. The Morgan fingerprint density at radius 2 is 1.85 bits per heavy atom. The minimum absolute atomic E-state index is 0.252. The second-order valence-corrected chi connectivity index (χ2v) is 6.04. The van der Waals surface area contributed by atoms with E-state index in [1.54, 1.807) is 6.07 Å². The van der Waals surface area contributed by atoms with Crippen molar-refractivity contribution in [3.63, 3.8) is 0 Å². The molecule has 2 aromatic carbocycles. The molecule has 0 atom stereocenters. The van der Waals surface area contributed by atoms with Gasteiger partial charge < -0.3 is 25.8 Å². The summed E-state index contributed by atoms with van der Waals surface area (Å²) in [7, 11) is 0. The smallest absolute Gasteiger partial charge is 0.231 e. The van der Waals surface area contributed by atoms with Gasteiger partial charge in [0.2, 0.25) is 6.79 Å². The number of fused-ring (bicyclic) bond motifs is 1. The summed E-state index contributed by atoms with van der Waals surface area (Å²) in [6.07, 6.45) is 1.44. The molecule has 0 saturated heterocycles. The van der Waals surface area contributed by atoms with Crippen molar-refractivity contribution in [1.29, 1.82) is 0 Å². The SMILES string of the molecule is Nc1c(NCc2ccc3c(c2)OCO3)ncnc1Nc1ccccc1Cl. The zero-order valence-electron chi connectivity index (χ0n) is 13.7. The third-order valence-electron chi connectivity index (χ3n) is 3.91. The molecule has 2 heterocycles. The molecule has 1 aromatic heterocycles. The highest BCUT2D eigenvalue weighted by atomic mass is 35.5. The van der Waals surface area contributed by atoms with Crippen LogP contribution in [0, 0.1) is 0 Å². The molecule has 0 spiro atoms. The topological polar surface area (TPSA) is 94.3 Å². The Bertz CT molecular complexity index is 951. The summed E-state index contributed by atoms with van der Waals surface area (Å²) in [6.45, 7) is 0.783. The molecule has 26 heavy (non-hydrogen) atoms. The van der Waals surface area contributed by atoms with Crippen molar-refractivity contribution in [2.75, 3.05) is 23.2 Å². The molecule has 1 aliphatic rings. The van der Waals surface area contributed by atoms with E-state index in [1.165, 1.54) is 6.33 Å². The molecule has 0 bridgehead atoms. The first kappa shape index (κ1) is 16.3. The van der Waals surface area contributed by atoms with Gasteiger partial charge in [-0.1, -0.05) is 29.8 Å². The third-order valence-corrected chi connectivity index (χ3v) is 4.24. The number of rotatable bonds is 5. The minimum Gasteiger partial charge on any atom is -0.454 e. The Kier molecular flexibility index (Phi) is 4.37. The quantitative estimate of drug-likeness (QED) is 0.629. The molecule has 0 saturated carbocycles. The van der Waals surface area contributed by atoms with Crippen LogP contribution in [0.15, 0.2) is 48.8 Å². The van der Waals surface area contributed by atoms with Gasteiger partial charge in [-0.15, -0.1) is 0 Å². The van der Waals surface area contributed by atoms with Gasteiger partial charge in [0.15, 0.2) is 23.1 Å². The lowest BCUT2D eigenvalue weighted by Gasteiger charge is -2.13. The van der Waals surface area contributed by atoms with Crippen LogP contribution in [-0.2, 0) is 6.54 Å². The standard InChI is InChI=1S/C18H16ClN5O2/c19-12-3-1-2-4-13(12)24-18-16(20)17(22-9-23-18)21-8-11-5-6-14-15(7-11)26-10-25-14/h1-7,9H,8,10,20H2,(H2,21,22,23,24). The molecule has 1 aliphatic heterocycles. The first-order valence-electron chi connectivity index (χ1n) is 7.95. The van der Waals surface area contributed by atoms with Gasteiger partial charge in [-0.3, -0.25) is 0 Å². The van der Waals surface area contributed by atoms with Crippen LogP contribution in [0.3, 0.4) is 0 Å². The number of halogens is 1. The Balaban J connectivity index is 1.50. The number of nitrogens with two attached hydrogens (primary N) is 1. The average molecular weight is 370 g/mol. The van der Waals surface area contributed by atoms with Gasteiger partial charge in [-0.2, -0.15) is 0 Å². The fraction of sp³-hybridized carbons (Fsp3) is 0.111. The highest BCUT2D eigenvalue weighted by Gasteiger charge is 2.14. The summed E-state index contributed by atoms with van der Waals surface area (Å²) in [5.74, 6) is 2.51. The van der Waals surface area contributed by atoms with Gasteiger partial charge in [0.05, 0.1) is 10.7 Å². The van der Waals surface area contributed by atoms with Crippen molar-refractivity contribution < 1.29 is 9.47 Å². The molecule has 0 amide bonds. The molecular weight excluding hydrogens is 354 g/mol. The molecule has 132 valence electrons. The average Bonchev–Trinajstić information content (AvgIpc) is 3.12. The maximum Gasteiger partial charge on any atom is 0.231 e. The van der Waals surface area contributed by atoms with Crippen LogP contribution in [-0.4, -0.2) is 16.8 Å². The lowest BCUT2D eigenvalue weighted by Crippen LogP contribution is -2.08. The zero-order valence-corrected chi connectivity index (χ0v) is 14.5. The summed E-state index contributed by atoms with van der Waals surface area (Å²) in [5, 5.41) is 6.93. The first-order chi connectivity index (χ1) is 12.7. The van der Waals surface area contributed by atoms with Crippen molar-refractivity contribution in [2.45, 2.75) is 6.54 Å². The molecule has 4 N–H and O–H groups in total. The van der Waals surface area contributed by atoms with E-state index in [0.717, 1.165) is 22.7 Å². The lowest BCUT2D eigenvalue weighted by atomic mass is 10.2. The maximum atomic E-state index is 6.20. The minimum atomic E-state index is 0.252. The Morgan fingerprint density at radius 1 is 1.04 bits per heavy atom. The normalized spacial score (nSPS) is 12.0. The van der Waals surface area contributed by atoms with Gasteiger partial charge in [0.25, 0.3) is 0 Å². The summed E-state index contributed by atoms with van der Waals surface area (Å²) < 4.78 is 10.7. The van der Waals surface area contributed by atoms with Crippen LogP contribution in [0.4, 0.5) is 23.0 Å².